The molecule has 7 nitrogen and oxygen atoms in total. The molecule has 1 aliphatic rings. The van der Waals surface area contributed by atoms with Gasteiger partial charge in [0.05, 0.1) is 13.2 Å². The number of hydrogen-bond acceptors (Lipinski definition) is 5. The Hall–Kier alpha value is -0.960. The molecule has 1 aromatic heterocycles. The lowest BCUT2D eigenvalue weighted by atomic mass is 10.1. The van der Waals surface area contributed by atoms with E-state index in [4.69, 9.17) is 4.74 Å². The van der Waals surface area contributed by atoms with Gasteiger partial charge in [0.2, 0.25) is 0 Å². The molecule has 2 heterocycles. The number of imidazole rings is 1. The lowest BCUT2D eigenvalue weighted by molar-refractivity contribution is 0.113. The second-order valence-electron chi connectivity index (χ2n) is 5.80. The summed E-state index contributed by atoms with van der Waals surface area (Å²) in [7, 11) is 2.20. The second kappa shape index (κ2) is 6.43. The topological polar surface area (TPSA) is 67.7 Å². The zero-order valence-corrected chi connectivity index (χ0v) is 13.9. The minimum Gasteiger partial charge on any atom is -0.380 e. The summed E-state index contributed by atoms with van der Waals surface area (Å²) in [6.07, 6.45) is 1.57. The number of hydrogen-bond donors (Lipinski definition) is 0. The fraction of sp³-hybridized carbons (Fsp3) is 0.769. The maximum Gasteiger partial charge on any atom is 0.262 e. The van der Waals surface area contributed by atoms with Crippen LogP contribution in [0.3, 0.4) is 0 Å². The van der Waals surface area contributed by atoms with Crippen molar-refractivity contribution in [3.8, 4) is 0 Å². The Morgan fingerprint density at radius 2 is 2.19 bits per heavy atom. The van der Waals surface area contributed by atoms with Gasteiger partial charge in [-0.2, -0.15) is 4.31 Å². The fourth-order valence-corrected chi connectivity index (χ4v) is 4.00. The Bertz CT molecular complexity index is 563. The molecule has 0 aliphatic carbocycles. The summed E-state index contributed by atoms with van der Waals surface area (Å²) in [6.45, 7) is 4.45. The van der Waals surface area contributed by atoms with Gasteiger partial charge in [-0.15, -0.1) is 0 Å². The second-order valence-corrected chi connectivity index (χ2v) is 7.69. The van der Waals surface area contributed by atoms with Gasteiger partial charge in [0.25, 0.3) is 10.0 Å². The number of ether oxygens (including phenoxy) is 1. The van der Waals surface area contributed by atoms with Crippen molar-refractivity contribution in [1.29, 1.82) is 0 Å². The van der Waals surface area contributed by atoms with Gasteiger partial charge in [-0.3, -0.25) is 0 Å². The Kier molecular flexibility index (Phi) is 5.03. The SMILES string of the molecule is Cc1nc(S(=O)(=O)N2CCOCC(CN(C)C)C2)cn1C. The number of nitrogens with zero attached hydrogens (tertiary/aromatic N) is 4. The zero-order valence-electron chi connectivity index (χ0n) is 13.1. The number of rotatable bonds is 4. The third-order valence-electron chi connectivity index (χ3n) is 3.61. The molecule has 0 saturated carbocycles. The molecule has 0 bridgehead atoms. The summed E-state index contributed by atoms with van der Waals surface area (Å²) in [6, 6.07) is 0. The van der Waals surface area contributed by atoms with Crippen LogP contribution in [0.2, 0.25) is 0 Å². The number of aromatic nitrogens is 2. The Morgan fingerprint density at radius 1 is 1.48 bits per heavy atom. The average Bonchev–Trinajstić information content (AvgIpc) is 2.62. The largest absolute Gasteiger partial charge is 0.380 e. The van der Waals surface area contributed by atoms with E-state index >= 15 is 0 Å². The monoisotopic (exact) mass is 316 g/mol. The average molecular weight is 316 g/mol. The van der Waals surface area contributed by atoms with E-state index in [1.54, 1.807) is 24.7 Å². The van der Waals surface area contributed by atoms with Gasteiger partial charge in [0, 0.05) is 38.8 Å². The van der Waals surface area contributed by atoms with Gasteiger partial charge in [0.1, 0.15) is 5.82 Å². The summed E-state index contributed by atoms with van der Waals surface area (Å²) in [4.78, 5) is 6.21. The standard InChI is InChI=1S/C13H24N4O3S/c1-11-14-13(9-16(11)4)21(18,19)17-5-6-20-10-12(8-17)7-15(2)3/h9,12H,5-8,10H2,1-4H3. The summed E-state index contributed by atoms with van der Waals surface area (Å²) in [5.74, 6) is 0.853. The van der Waals surface area contributed by atoms with E-state index in [2.05, 4.69) is 9.88 Å². The van der Waals surface area contributed by atoms with Crippen molar-refractivity contribution in [2.24, 2.45) is 13.0 Å². The molecular formula is C13H24N4O3S. The summed E-state index contributed by atoms with van der Waals surface area (Å²) < 4.78 is 34.2. The smallest absolute Gasteiger partial charge is 0.262 e. The molecular weight excluding hydrogens is 292 g/mol. The number of aryl methyl sites for hydroxylation is 2. The van der Waals surface area contributed by atoms with E-state index in [1.165, 1.54) is 4.31 Å². The maximum absolute atomic E-state index is 12.7. The highest BCUT2D eigenvalue weighted by molar-refractivity contribution is 7.89. The van der Waals surface area contributed by atoms with Crippen LogP contribution in [-0.4, -0.2) is 74.1 Å². The molecule has 1 aromatic rings. The molecule has 1 aliphatic heterocycles. The normalized spacial score (nSPS) is 21.7. The van der Waals surface area contributed by atoms with E-state index < -0.39 is 10.0 Å². The lowest BCUT2D eigenvalue weighted by Gasteiger charge is -2.24. The van der Waals surface area contributed by atoms with E-state index in [-0.39, 0.29) is 10.9 Å². The summed E-state index contributed by atoms with van der Waals surface area (Å²) in [5.41, 5.74) is 0. The van der Waals surface area contributed by atoms with Crippen LogP contribution < -0.4 is 0 Å². The van der Waals surface area contributed by atoms with Gasteiger partial charge in [0.15, 0.2) is 5.03 Å². The van der Waals surface area contributed by atoms with Crippen LogP contribution in [0.5, 0.6) is 0 Å². The fourth-order valence-electron chi connectivity index (χ4n) is 2.48. The minimum absolute atomic E-state index is 0.119. The van der Waals surface area contributed by atoms with Gasteiger partial charge < -0.3 is 14.2 Å². The van der Waals surface area contributed by atoms with Crippen molar-refractivity contribution in [2.75, 3.05) is 46.9 Å². The highest BCUT2D eigenvalue weighted by Crippen LogP contribution is 2.18. The Morgan fingerprint density at radius 3 is 2.76 bits per heavy atom. The van der Waals surface area contributed by atoms with Gasteiger partial charge in [-0.05, 0) is 21.0 Å². The molecule has 2 rings (SSSR count). The third kappa shape index (κ3) is 3.82. The van der Waals surface area contributed by atoms with Crippen LogP contribution in [0.15, 0.2) is 11.2 Å². The molecule has 1 saturated heterocycles. The lowest BCUT2D eigenvalue weighted by Crippen LogP contribution is -2.38. The molecule has 1 atom stereocenters. The van der Waals surface area contributed by atoms with Crippen LogP contribution in [0.4, 0.5) is 0 Å². The molecule has 120 valence electrons. The molecule has 0 spiro atoms. The van der Waals surface area contributed by atoms with Crippen molar-refractivity contribution >= 4 is 10.0 Å². The third-order valence-corrected chi connectivity index (χ3v) is 5.35. The van der Waals surface area contributed by atoms with Crippen LogP contribution in [0.25, 0.3) is 0 Å². The van der Waals surface area contributed by atoms with Gasteiger partial charge in [-0.25, -0.2) is 13.4 Å². The van der Waals surface area contributed by atoms with Crippen LogP contribution >= 0.6 is 0 Å². The first-order valence-electron chi connectivity index (χ1n) is 7.03. The van der Waals surface area contributed by atoms with Crippen molar-refractivity contribution in [3.63, 3.8) is 0 Å². The first kappa shape index (κ1) is 16.4. The molecule has 0 amide bonds. The van der Waals surface area contributed by atoms with Crippen LogP contribution in [-0.2, 0) is 21.8 Å². The summed E-state index contributed by atoms with van der Waals surface area (Å²) in [5, 5.41) is 0.119. The quantitative estimate of drug-likeness (QED) is 0.778. The molecule has 0 radical (unpaired) electrons. The first-order valence-corrected chi connectivity index (χ1v) is 8.47. The maximum atomic E-state index is 12.7. The predicted molar refractivity (Wildman–Crippen MR) is 79.6 cm³/mol. The molecule has 8 heteroatoms. The predicted octanol–water partition coefficient (Wildman–Crippen LogP) is -0.0728. The van der Waals surface area contributed by atoms with E-state index in [0.717, 1.165) is 6.54 Å². The molecule has 0 N–H and O–H groups in total. The molecule has 1 fully saturated rings. The van der Waals surface area contributed by atoms with Gasteiger partial charge >= 0.3 is 0 Å². The van der Waals surface area contributed by atoms with Crippen molar-refractivity contribution in [2.45, 2.75) is 11.9 Å². The van der Waals surface area contributed by atoms with Crippen molar-refractivity contribution in [1.82, 2.24) is 18.8 Å². The minimum atomic E-state index is -3.55. The molecule has 21 heavy (non-hydrogen) atoms. The van der Waals surface area contributed by atoms with Gasteiger partial charge in [-0.1, -0.05) is 0 Å². The highest BCUT2D eigenvalue weighted by atomic mass is 32.2. The van der Waals surface area contributed by atoms with Crippen molar-refractivity contribution < 1.29 is 13.2 Å². The molecule has 0 aromatic carbocycles. The molecule has 1 unspecified atom stereocenters. The Balaban J connectivity index is 2.21. The van der Waals surface area contributed by atoms with Crippen molar-refractivity contribution in [3.05, 3.63) is 12.0 Å². The highest BCUT2D eigenvalue weighted by Gasteiger charge is 2.31. The van der Waals surface area contributed by atoms with E-state index in [9.17, 15) is 8.42 Å². The first-order chi connectivity index (χ1) is 9.80. The zero-order chi connectivity index (χ0) is 15.6. The van der Waals surface area contributed by atoms with Crippen LogP contribution in [0, 0.1) is 12.8 Å². The number of sulfonamides is 1. The van der Waals surface area contributed by atoms with E-state index in [1.807, 2.05) is 14.1 Å². The summed E-state index contributed by atoms with van der Waals surface area (Å²) >= 11 is 0. The van der Waals surface area contributed by atoms with E-state index in [0.29, 0.717) is 32.1 Å². The van der Waals surface area contributed by atoms with Crippen LogP contribution in [0.1, 0.15) is 5.82 Å². The Labute approximate surface area is 126 Å².